The summed E-state index contributed by atoms with van der Waals surface area (Å²) in [6, 6.07) is 20.2. The van der Waals surface area contributed by atoms with Crippen LogP contribution in [0.3, 0.4) is 0 Å². The molecule has 0 atom stereocenters. The van der Waals surface area contributed by atoms with Gasteiger partial charge in [-0.1, -0.05) is 48.0 Å². The molecular weight excluding hydrogens is 448 g/mol. The number of nitrogens with one attached hydrogen (secondary N) is 1. The van der Waals surface area contributed by atoms with E-state index in [1.807, 2.05) is 6.07 Å². The van der Waals surface area contributed by atoms with E-state index in [-0.39, 0.29) is 16.2 Å². The second-order valence-corrected chi connectivity index (χ2v) is 7.77. The number of carbonyl (C=O) groups is 3. The van der Waals surface area contributed by atoms with E-state index in [9.17, 15) is 19.5 Å². The summed E-state index contributed by atoms with van der Waals surface area (Å²) >= 11 is 11.1. The van der Waals surface area contributed by atoms with Crippen LogP contribution in [-0.4, -0.2) is 28.0 Å². The molecular formula is C24H15ClN2O4S. The SMILES string of the molecule is O=C1NC(=S)N(c2ccc(Cl)cc2)C(=O)/C1=C\c1ccc(-c2cccc(C(=O)O)c2)cc1. The van der Waals surface area contributed by atoms with Crippen molar-refractivity contribution in [1.29, 1.82) is 0 Å². The summed E-state index contributed by atoms with van der Waals surface area (Å²) in [5, 5.41) is 12.2. The normalized spacial score (nSPS) is 15.1. The highest BCUT2D eigenvalue weighted by Gasteiger charge is 2.34. The van der Waals surface area contributed by atoms with Crippen LogP contribution in [0, 0.1) is 0 Å². The number of halogens is 1. The number of benzene rings is 3. The highest BCUT2D eigenvalue weighted by atomic mass is 35.5. The van der Waals surface area contributed by atoms with Gasteiger partial charge in [0.05, 0.1) is 11.3 Å². The van der Waals surface area contributed by atoms with Crippen molar-refractivity contribution < 1.29 is 19.5 Å². The van der Waals surface area contributed by atoms with E-state index in [0.29, 0.717) is 16.3 Å². The molecule has 1 heterocycles. The smallest absolute Gasteiger partial charge is 0.335 e. The molecule has 1 aliphatic rings. The van der Waals surface area contributed by atoms with Crippen LogP contribution >= 0.6 is 23.8 Å². The zero-order valence-electron chi connectivity index (χ0n) is 16.4. The van der Waals surface area contributed by atoms with Gasteiger partial charge < -0.3 is 5.11 Å². The van der Waals surface area contributed by atoms with Crippen molar-refractivity contribution in [2.24, 2.45) is 0 Å². The first-order chi connectivity index (χ1) is 15.3. The Balaban J connectivity index is 1.63. The van der Waals surface area contributed by atoms with Crippen molar-refractivity contribution in [2.45, 2.75) is 0 Å². The maximum Gasteiger partial charge on any atom is 0.335 e. The van der Waals surface area contributed by atoms with Crippen LogP contribution in [0.25, 0.3) is 17.2 Å². The summed E-state index contributed by atoms with van der Waals surface area (Å²) in [5.41, 5.74) is 2.80. The van der Waals surface area contributed by atoms with Crippen LogP contribution in [0.2, 0.25) is 5.02 Å². The molecule has 6 nitrogen and oxygen atoms in total. The second-order valence-electron chi connectivity index (χ2n) is 6.94. The first-order valence-corrected chi connectivity index (χ1v) is 10.2. The van der Waals surface area contributed by atoms with E-state index in [1.54, 1.807) is 60.7 Å². The number of anilines is 1. The largest absolute Gasteiger partial charge is 0.478 e. The van der Waals surface area contributed by atoms with Crippen molar-refractivity contribution >= 4 is 58.5 Å². The fourth-order valence-corrected chi connectivity index (χ4v) is 3.66. The average Bonchev–Trinajstić information content (AvgIpc) is 2.78. The number of carboxylic acid groups (broad SMARTS) is 1. The van der Waals surface area contributed by atoms with Crippen molar-refractivity contribution in [3.63, 3.8) is 0 Å². The number of rotatable bonds is 4. The molecule has 158 valence electrons. The topological polar surface area (TPSA) is 86.7 Å². The molecule has 2 N–H and O–H groups in total. The average molecular weight is 463 g/mol. The minimum Gasteiger partial charge on any atom is -0.478 e. The van der Waals surface area contributed by atoms with Crippen LogP contribution in [0.4, 0.5) is 5.69 Å². The summed E-state index contributed by atoms with van der Waals surface area (Å²) in [5.74, 6) is -2.12. The lowest BCUT2D eigenvalue weighted by Gasteiger charge is -2.28. The third-order valence-corrected chi connectivity index (χ3v) is 5.39. The van der Waals surface area contributed by atoms with Crippen molar-refractivity contribution in [3.05, 3.63) is 94.5 Å². The predicted molar refractivity (Wildman–Crippen MR) is 126 cm³/mol. The Morgan fingerprint density at radius 1 is 0.969 bits per heavy atom. The zero-order valence-corrected chi connectivity index (χ0v) is 18.0. The highest BCUT2D eigenvalue weighted by molar-refractivity contribution is 7.80. The molecule has 4 rings (SSSR count). The first-order valence-electron chi connectivity index (χ1n) is 9.44. The maximum absolute atomic E-state index is 13.0. The van der Waals surface area contributed by atoms with E-state index >= 15 is 0 Å². The van der Waals surface area contributed by atoms with Crippen LogP contribution in [0.5, 0.6) is 0 Å². The number of hydrogen-bond donors (Lipinski definition) is 2. The molecule has 0 bridgehead atoms. The van der Waals surface area contributed by atoms with Gasteiger partial charge in [0.15, 0.2) is 5.11 Å². The second kappa shape index (κ2) is 8.74. The standard InChI is InChI=1S/C24H15ClN2O4S/c25-18-8-10-19(11-9-18)27-22(29)20(21(28)26-24(27)32)12-14-4-6-15(7-5-14)16-2-1-3-17(13-16)23(30)31/h1-13H,(H,30,31)(H,26,28,32)/b20-12-. The highest BCUT2D eigenvalue weighted by Crippen LogP contribution is 2.25. The summed E-state index contributed by atoms with van der Waals surface area (Å²) in [7, 11) is 0. The zero-order chi connectivity index (χ0) is 22.8. The fraction of sp³-hybridized carbons (Fsp3) is 0. The number of carboxylic acids is 1. The van der Waals surface area contributed by atoms with Gasteiger partial charge in [0.25, 0.3) is 11.8 Å². The number of thiocarbonyl (C=S) groups is 1. The van der Waals surface area contributed by atoms with Gasteiger partial charge in [-0.3, -0.25) is 19.8 Å². The molecule has 32 heavy (non-hydrogen) atoms. The van der Waals surface area contributed by atoms with Gasteiger partial charge >= 0.3 is 5.97 Å². The Morgan fingerprint density at radius 3 is 2.31 bits per heavy atom. The van der Waals surface area contributed by atoms with Crippen LogP contribution in [-0.2, 0) is 9.59 Å². The molecule has 0 unspecified atom stereocenters. The maximum atomic E-state index is 13.0. The fourth-order valence-electron chi connectivity index (χ4n) is 3.25. The van der Waals surface area contributed by atoms with Gasteiger partial charge in [-0.25, -0.2) is 4.79 Å². The molecule has 0 radical (unpaired) electrons. The molecule has 2 amide bonds. The van der Waals surface area contributed by atoms with E-state index in [2.05, 4.69) is 5.32 Å². The Labute approximate surface area is 193 Å². The molecule has 3 aromatic rings. The lowest BCUT2D eigenvalue weighted by Crippen LogP contribution is -2.54. The van der Waals surface area contributed by atoms with Crippen LogP contribution in [0.15, 0.2) is 78.4 Å². The summed E-state index contributed by atoms with van der Waals surface area (Å²) in [6.07, 6.45) is 1.49. The summed E-state index contributed by atoms with van der Waals surface area (Å²) in [4.78, 5) is 37.9. The van der Waals surface area contributed by atoms with Gasteiger partial charge in [0.2, 0.25) is 0 Å². The van der Waals surface area contributed by atoms with E-state index in [1.165, 1.54) is 17.0 Å². The minimum atomic E-state index is -1.00. The Kier molecular flexibility index (Phi) is 5.85. The molecule has 0 aliphatic carbocycles. The lowest BCUT2D eigenvalue weighted by atomic mass is 10.0. The quantitative estimate of drug-likeness (QED) is 0.338. The molecule has 1 fully saturated rings. The van der Waals surface area contributed by atoms with Gasteiger partial charge in [0, 0.05) is 5.02 Å². The molecule has 0 saturated carbocycles. The predicted octanol–water partition coefficient (Wildman–Crippen LogP) is 4.54. The minimum absolute atomic E-state index is 0.00636. The number of nitrogens with zero attached hydrogens (tertiary/aromatic N) is 1. The van der Waals surface area contributed by atoms with Crippen molar-refractivity contribution in [1.82, 2.24) is 5.32 Å². The van der Waals surface area contributed by atoms with Crippen LogP contribution in [0.1, 0.15) is 15.9 Å². The molecule has 1 saturated heterocycles. The van der Waals surface area contributed by atoms with E-state index in [4.69, 9.17) is 23.8 Å². The van der Waals surface area contributed by atoms with Crippen molar-refractivity contribution in [3.8, 4) is 11.1 Å². The van der Waals surface area contributed by atoms with Gasteiger partial charge in [-0.05, 0) is 71.4 Å². The van der Waals surface area contributed by atoms with Crippen molar-refractivity contribution in [2.75, 3.05) is 4.90 Å². The number of carbonyl (C=O) groups excluding carboxylic acids is 2. The number of hydrogen-bond acceptors (Lipinski definition) is 4. The summed E-state index contributed by atoms with van der Waals surface area (Å²) < 4.78 is 0. The first kappa shape index (κ1) is 21.4. The van der Waals surface area contributed by atoms with Crippen LogP contribution < -0.4 is 10.2 Å². The number of amides is 2. The third kappa shape index (κ3) is 4.30. The summed E-state index contributed by atoms with van der Waals surface area (Å²) in [6.45, 7) is 0. The number of aromatic carboxylic acids is 1. The Morgan fingerprint density at radius 2 is 1.66 bits per heavy atom. The lowest BCUT2D eigenvalue weighted by molar-refractivity contribution is -0.122. The van der Waals surface area contributed by atoms with E-state index < -0.39 is 17.8 Å². The molecule has 3 aromatic carbocycles. The van der Waals surface area contributed by atoms with Gasteiger partial charge in [0.1, 0.15) is 5.57 Å². The third-order valence-electron chi connectivity index (χ3n) is 4.85. The monoisotopic (exact) mass is 462 g/mol. The van der Waals surface area contributed by atoms with E-state index in [0.717, 1.165) is 11.1 Å². The Hall–Kier alpha value is -3.81. The van der Waals surface area contributed by atoms with Gasteiger partial charge in [-0.2, -0.15) is 0 Å². The van der Waals surface area contributed by atoms with Gasteiger partial charge in [-0.15, -0.1) is 0 Å². The molecule has 0 spiro atoms. The molecule has 8 heteroatoms. The molecule has 0 aromatic heterocycles. The molecule has 1 aliphatic heterocycles. The Bertz CT molecular complexity index is 1280.